The minimum atomic E-state index is -0.229. The zero-order valence-electron chi connectivity index (χ0n) is 9.30. The van der Waals surface area contributed by atoms with E-state index < -0.39 is 0 Å². The topological polar surface area (TPSA) is 94.0 Å². The van der Waals surface area contributed by atoms with Crippen molar-refractivity contribution < 1.29 is 9.32 Å². The quantitative estimate of drug-likeness (QED) is 0.766. The van der Waals surface area contributed by atoms with Gasteiger partial charge in [0.25, 0.3) is 5.91 Å². The van der Waals surface area contributed by atoms with Gasteiger partial charge >= 0.3 is 0 Å². The Balaban J connectivity index is 1.98. The van der Waals surface area contributed by atoms with Crippen molar-refractivity contribution in [3.8, 4) is 0 Å². The molecule has 1 heterocycles. The van der Waals surface area contributed by atoms with Crippen LogP contribution in [-0.2, 0) is 6.54 Å². The highest BCUT2D eigenvalue weighted by Crippen LogP contribution is 2.06. The molecule has 2 aromatic rings. The highest BCUT2D eigenvalue weighted by atomic mass is 16.5. The summed E-state index contributed by atoms with van der Waals surface area (Å²) in [5.74, 6) is 0.686. The summed E-state index contributed by atoms with van der Waals surface area (Å²) in [6.45, 7) is 1.92. The largest absolute Gasteiger partial charge is 0.399 e. The molecule has 0 radical (unpaired) electrons. The van der Waals surface area contributed by atoms with E-state index in [0.717, 1.165) is 0 Å². The number of rotatable bonds is 3. The van der Waals surface area contributed by atoms with Gasteiger partial charge in [0, 0.05) is 11.3 Å². The van der Waals surface area contributed by atoms with Gasteiger partial charge in [-0.25, -0.2) is 0 Å². The van der Waals surface area contributed by atoms with Crippen LogP contribution in [-0.4, -0.2) is 16.0 Å². The fraction of sp³-hybridized carbons (Fsp3) is 0.182. The summed E-state index contributed by atoms with van der Waals surface area (Å²) in [7, 11) is 0. The lowest BCUT2D eigenvalue weighted by molar-refractivity contribution is 0.0946. The summed E-state index contributed by atoms with van der Waals surface area (Å²) in [6, 6.07) is 6.73. The first-order chi connectivity index (χ1) is 8.15. The number of aromatic nitrogens is 2. The number of amides is 1. The molecule has 0 aliphatic rings. The van der Waals surface area contributed by atoms with E-state index >= 15 is 0 Å². The zero-order valence-corrected chi connectivity index (χ0v) is 9.30. The lowest BCUT2D eigenvalue weighted by Gasteiger charge is -2.02. The summed E-state index contributed by atoms with van der Waals surface area (Å²) >= 11 is 0. The van der Waals surface area contributed by atoms with Crippen LogP contribution >= 0.6 is 0 Å². The van der Waals surface area contributed by atoms with Crippen molar-refractivity contribution in [3.05, 3.63) is 41.5 Å². The third-order valence-electron chi connectivity index (χ3n) is 2.12. The molecule has 0 saturated heterocycles. The van der Waals surface area contributed by atoms with E-state index in [1.165, 1.54) is 0 Å². The van der Waals surface area contributed by atoms with E-state index in [4.69, 9.17) is 10.3 Å². The molecule has 1 aromatic heterocycles. The van der Waals surface area contributed by atoms with Gasteiger partial charge < -0.3 is 15.6 Å². The Kier molecular flexibility index (Phi) is 3.04. The molecule has 6 heteroatoms. The molecule has 6 nitrogen and oxygen atoms in total. The minimum absolute atomic E-state index is 0.203. The van der Waals surface area contributed by atoms with Gasteiger partial charge in [-0.2, -0.15) is 4.98 Å². The van der Waals surface area contributed by atoms with Gasteiger partial charge in [-0.15, -0.1) is 0 Å². The second-order valence-electron chi connectivity index (χ2n) is 3.54. The lowest BCUT2D eigenvalue weighted by Crippen LogP contribution is -2.23. The number of hydrogen-bond donors (Lipinski definition) is 2. The van der Waals surface area contributed by atoms with Crippen molar-refractivity contribution in [2.75, 3.05) is 5.73 Å². The van der Waals surface area contributed by atoms with Crippen molar-refractivity contribution in [1.82, 2.24) is 15.5 Å². The molecule has 1 aromatic carbocycles. The molecule has 88 valence electrons. The molecule has 3 N–H and O–H groups in total. The van der Waals surface area contributed by atoms with Gasteiger partial charge in [-0.3, -0.25) is 4.79 Å². The Morgan fingerprint density at radius 1 is 1.53 bits per heavy atom. The molecular weight excluding hydrogens is 220 g/mol. The highest BCUT2D eigenvalue weighted by Gasteiger charge is 2.08. The fourth-order valence-corrected chi connectivity index (χ4v) is 1.35. The average Bonchev–Trinajstić information content (AvgIpc) is 2.72. The van der Waals surface area contributed by atoms with Crippen LogP contribution in [0.3, 0.4) is 0 Å². The maximum atomic E-state index is 11.7. The SMILES string of the molecule is Cc1noc(CNC(=O)c2cccc(N)c2)n1. The number of anilines is 1. The van der Waals surface area contributed by atoms with Crippen LogP contribution in [0.4, 0.5) is 5.69 Å². The standard InChI is InChI=1S/C11H12N4O2/c1-7-14-10(17-15-7)6-13-11(16)8-3-2-4-9(12)5-8/h2-5H,6,12H2,1H3,(H,13,16). The predicted molar refractivity (Wildman–Crippen MR) is 61.1 cm³/mol. The third kappa shape index (κ3) is 2.81. The second kappa shape index (κ2) is 4.65. The average molecular weight is 232 g/mol. The fourth-order valence-electron chi connectivity index (χ4n) is 1.35. The first-order valence-corrected chi connectivity index (χ1v) is 5.08. The Morgan fingerprint density at radius 2 is 2.35 bits per heavy atom. The number of hydrogen-bond acceptors (Lipinski definition) is 5. The normalized spacial score (nSPS) is 10.2. The molecule has 0 unspecified atom stereocenters. The monoisotopic (exact) mass is 232 g/mol. The smallest absolute Gasteiger partial charge is 0.251 e. The lowest BCUT2D eigenvalue weighted by atomic mass is 10.2. The highest BCUT2D eigenvalue weighted by molar-refractivity contribution is 5.94. The van der Waals surface area contributed by atoms with Crippen LogP contribution in [0.2, 0.25) is 0 Å². The van der Waals surface area contributed by atoms with Crippen LogP contribution < -0.4 is 11.1 Å². The second-order valence-corrected chi connectivity index (χ2v) is 3.54. The predicted octanol–water partition coefficient (Wildman–Crippen LogP) is 0.890. The van der Waals surface area contributed by atoms with Crippen LogP contribution in [0.5, 0.6) is 0 Å². The van der Waals surface area contributed by atoms with Gasteiger partial charge in [-0.1, -0.05) is 11.2 Å². The molecule has 0 fully saturated rings. The Morgan fingerprint density at radius 3 is 3.00 bits per heavy atom. The van der Waals surface area contributed by atoms with Gasteiger partial charge in [0.1, 0.15) is 0 Å². The Labute approximate surface area is 97.8 Å². The molecule has 0 aliphatic carbocycles. The van der Waals surface area contributed by atoms with E-state index in [1.807, 2.05) is 0 Å². The van der Waals surface area contributed by atoms with E-state index in [2.05, 4.69) is 15.5 Å². The first kappa shape index (κ1) is 11.1. The number of nitrogen functional groups attached to an aromatic ring is 1. The summed E-state index contributed by atoms with van der Waals surface area (Å²) in [6.07, 6.45) is 0. The number of nitrogens with one attached hydrogen (secondary N) is 1. The first-order valence-electron chi connectivity index (χ1n) is 5.08. The molecule has 0 bridgehead atoms. The summed E-state index contributed by atoms with van der Waals surface area (Å²) in [4.78, 5) is 15.7. The number of carbonyl (C=O) groups is 1. The van der Waals surface area contributed by atoms with E-state index in [1.54, 1.807) is 31.2 Å². The van der Waals surface area contributed by atoms with E-state index in [-0.39, 0.29) is 12.5 Å². The van der Waals surface area contributed by atoms with Gasteiger partial charge in [0.15, 0.2) is 5.82 Å². The Bertz CT molecular complexity index is 536. The van der Waals surface area contributed by atoms with E-state index in [9.17, 15) is 4.79 Å². The van der Waals surface area contributed by atoms with Gasteiger partial charge in [0.2, 0.25) is 5.89 Å². The van der Waals surface area contributed by atoms with Crippen molar-refractivity contribution in [2.45, 2.75) is 13.5 Å². The van der Waals surface area contributed by atoms with Gasteiger partial charge in [-0.05, 0) is 25.1 Å². The number of aryl methyl sites for hydroxylation is 1. The number of nitrogens with two attached hydrogens (primary N) is 1. The van der Waals surface area contributed by atoms with Crippen molar-refractivity contribution in [3.63, 3.8) is 0 Å². The summed E-state index contributed by atoms with van der Waals surface area (Å²) in [5, 5.41) is 6.29. The minimum Gasteiger partial charge on any atom is -0.399 e. The maximum absolute atomic E-state index is 11.7. The molecule has 2 rings (SSSR count). The zero-order chi connectivity index (χ0) is 12.3. The molecule has 0 aliphatic heterocycles. The van der Waals surface area contributed by atoms with Crippen LogP contribution in [0, 0.1) is 6.92 Å². The molecule has 17 heavy (non-hydrogen) atoms. The number of benzene rings is 1. The molecule has 0 saturated carbocycles. The van der Waals surface area contributed by atoms with Crippen LogP contribution in [0.15, 0.2) is 28.8 Å². The van der Waals surface area contributed by atoms with E-state index in [0.29, 0.717) is 23.0 Å². The number of nitrogens with zero attached hydrogens (tertiary/aromatic N) is 2. The van der Waals surface area contributed by atoms with Crippen LogP contribution in [0.1, 0.15) is 22.1 Å². The number of carbonyl (C=O) groups excluding carboxylic acids is 1. The Hall–Kier alpha value is -2.37. The van der Waals surface area contributed by atoms with Crippen molar-refractivity contribution in [1.29, 1.82) is 0 Å². The summed E-state index contributed by atoms with van der Waals surface area (Å²) in [5.41, 5.74) is 6.63. The maximum Gasteiger partial charge on any atom is 0.251 e. The van der Waals surface area contributed by atoms with Crippen molar-refractivity contribution in [2.24, 2.45) is 0 Å². The van der Waals surface area contributed by atoms with Gasteiger partial charge in [0.05, 0.1) is 6.54 Å². The van der Waals surface area contributed by atoms with Crippen molar-refractivity contribution >= 4 is 11.6 Å². The summed E-state index contributed by atoms with van der Waals surface area (Å²) < 4.78 is 4.87. The molecular formula is C11H12N4O2. The molecule has 1 amide bonds. The third-order valence-corrected chi connectivity index (χ3v) is 2.12. The molecule has 0 spiro atoms. The molecule has 0 atom stereocenters. The van der Waals surface area contributed by atoms with Crippen LogP contribution in [0.25, 0.3) is 0 Å².